The van der Waals surface area contributed by atoms with Crippen LogP contribution in [0.2, 0.25) is 0 Å². The Morgan fingerprint density at radius 1 is 1.19 bits per heavy atom. The largest absolute Gasteiger partial charge is 0.388 e. The minimum atomic E-state index is -0.568. The van der Waals surface area contributed by atoms with E-state index < -0.39 is 6.10 Å². The number of rotatable bonds is 7. The van der Waals surface area contributed by atoms with Gasteiger partial charge in [-0.2, -0.15) is 0 Å². The number of carbonyl (C=O) groups is 1. The third-order valence-electron chi connectivity index (χ3n) is 3.79. The fraction of sp³-hybridized carbons (Fsp3) is 0.200. The lowest BCUT2D eigenvalue weighted by Gasteiger charge is -2.10. The van der Waals surface area contributed by atoms with Gasteiger partial charge in [-0.3, -0.25) is 4.79 Å². The minimum Gasteiger partial charge on any atom is -0.388 e. The predicted molar refractivity (Wildman–Crippen MR) is 110 cm³/mol. The molecule has 0 fully saturated rings. The summed E-state index contributed by atoms with van der Waals surface area (Å²) >= 11 is 2.81. The number of thiazole rings is 1. The van der Waals surface area contributed by atoms with E-state index >= 15 is 0 Å². The van der Waals surface area contributed by atoms with E-state index in [2.05, 4.69) is 10.3 Å². The number of carbonyl (C=O) groups excluding carboxylic acids is 1. The van der Waals surface area contributed by atoms with E-state index in [0.717, 1.165) is 16.8 Å². The Kier molecular flexibility index (Phi) is 6.44. The lowest BCUT2D eigenvalue weighted by atomic mass is 10.1. The molecular weight excluding hydrogens is 364 g/mol. The number of hydrogen-bond donors (Lipinski definition) is 2. The number of aliphatic hydroxyl groups excluding tert-OH is 1. The lowest BCUT2D eigenvalue weighted by Crippen LogP contribution is -2.15. The number of aromatic nitrogens is 1. The number of nitrogens with zero attached hydrogens (tertiary/aromatic N) is 1. The van der Waals surface area contributed by atoms with Crippen LogP contribution in [0.3, 0.4) is 0 Å². The van der Waals surface area contributed by atoms with Gasteiger partial charge in [0.05, 0.1) is 17.6 Å². The van der Waals surface area contributed by atoms with Gasteiger partial charge >= 0.3 is 0 Å². The minimum absolute atomic E-state index is 0.111. The molecule has 1 atom stereocenters. The average molecular weight is 385 g/mol. The molecule has 0 saturated heterocycles. The van der Waals surface area contributed by atoms with Gasteiger partial charge in [-0.1, -0.05) is 60.2 Å². The van der Waals surface area contributed by atoms with Gasteiger partial charge in [0.1, 0.15) is 0 Å². The molecule has 4 nitrogen and oxygen atoms in total. The maximum atomic E-state index is 12.1. The summed E-state index contributed by atoms with van der Waals surface area (Å²) in [5, 5.41) is 15.5. The molecule has 0 saturated carbocycles. The lowest BCUT2D eigenvalue weighted by molar-refractivity contribution is -0.113. The smallest absolute Gasteiger partial charge is 0.236 e. The van der Waals surface area contributed by atoms with E-state index in [1.165, 1.54) is 28.7 Å². The SMILES string of the molecule is Cc1ccc(-c2csc(NC(=O)CSCC(O)c3ccccc3)n2)cc1. The van der Waals surface area contributed by atoms with E-state index in [9.17, 15) is 9.90 Å². The third kappa shape index (κ3) is 5.17. The van der Waals surface area contributed by atoms with Crippen LogP contribution in [0.1, 0.15) is 17.2 Å². The molecule has 3 rings (SSSR count). The summed E-state index contributed by atoms with van der Waals surface area (Å²) in [5.74, 6) is 0.646. The number of aryl methyl sites for hydroxylation is 1. The van der Waals surface area contributed by atoms with Crippen molar-refractivity contribution in [3.8, 4) is 11.3 Å². The van der Waals surface area contributed by atoms with Gasteiger partial charge in [-0.05, 0) is 12.5 Å². The quantitative estimate of drug-likeness (QED) is 0.628. The molecular formula is C20H20N2O2S2. The Bertz CT molecular complexity index is 848. The summed E-state index contributed by atoms with van der Waals surface area (Å²) in [4.78, 5) is 16.5. The van der Waals surface area contributed by atoms with Gasteiger partial charge in [0.25, 0.3) is 0 Å². The van der Waals surface area contributed by atoms with E-state index in [4.69, 9.17) is 0 Å². The molecule has 0 aliphatic carbocycles. The average Bonchev–Trinajstić information content (AvgIpc) is 3.11. The Morgan fingerprint density at radius 2 is 1.92 bits per heavy atom. The fourth-order valence-corrected chi connectivity index (χ4v) is 3.91. The number of hydrogen-bond acceptors (Lipinski definition) is 5. The van der Waals surface area contributed by atoms with Crippen molar-refractivity contribution < 1.29 is 9.90 Å². The monoisotopic (exact) mass is 384 g/mol. The molecule has 1 heterocycles. The number of amides is 1. The van der Waals surface area contributed by atoms with Crippen LogP contribution in [-0.4, -0.2) is 27.5 Å². The predicted octanol–water partition coefficient (Wildman–Crippen LogP) is 4.52. The molecule has 6 heteroatoms. The molecule has 2 N–H and O–H groups in total. The van der Waals surface area contributed by atoms with Crippen LogP contribution in [-0.2, 0) is 4.79 Å². The maximum absolute atomic E-state index is 12.1. The molecule has 0 bridgehead atoms. The topological polar surface area (TPSA) is 62.2 Å². The van der Waals surface area contributed by atoms with Crippen LogP contribution in [0, 0.1) is 6.92 Å². The summed E-state index contributed by atoms with van der Waals surface area (Å²) in [6.07, 6.45) is -0.568. The summed E-state index contributed by atoms with van der Waals surface area (Å²) in [5.41, 5.74) is 3.96. The van der Waals surface area contributed by atoms with Crippen molar-refractivity contribution in [2.45, 2.75) is 13.0 Å². The van der Waals surface area contributed by atoms with E-state index in [1.54, 1.807) is 0 Å². The third-order valence-corrected chi connectivity index (χ3v) is 5.57. The van der Waals surface area contributed by atoms with Crippen LogP contribution in [0.15, 0.2) is 60.0 Å². The molecule has 2 aromatic carbocycles. The Hall–Kier alpha value is -2.15. The zero-order chi connectivity index (χ0) is 18.4. The van der Waals surface area contributed by atoms with Gasteiger partial charge in [-0.25, -0.2) is 4.98 Å². The summed E-state index contributed by atoms with van der Waals surface area (Å²) < 4.78 is 0. The second kappa shape index (κ2) is 8.98. The molecule has 134 valence electrons. The van der Waals surface area contributed by atoms with Crippen molar-refractivity contribution in [3.05, 3.63) is 71.1 Å². The number of aliphatic hydroxyl groups is 1. The number of thioether (sulfide) groups is 1. The van der Waals surface area contributed by atoms with Crippen LogP contribution in [0.4, 0.5) is 5.13 Å². The maximum Gasteiger partial charge on any atom is 0.236 e. The van der Waals surface area contributed by atoms with E-state index in [0.29, 0.717) is 10.9 Å². The van der Waals surface area contributed by atoms with Crippen LogP contribution >= 0.6 is 23.1 Å². The zero-order valence-corrected chi connectivity index (χ0v) is 16.0. The van der Waals surface area contributed by atoms with E-state index in [1.807, 2.05) is 66.9 Å². The first kappa shape index (κ1) is 18.6. The van der Waals surface area contributed by atoms with Crippen molar-refractivity contribution >= 4 is 34.1 Å². The molecule has 0 spiro atoms. The van der Waals surface area contributed by atoms with Crippen LogP contribution in [0.5, 0.6) is 0 Å². The standard InChI is InChI=1S/C20H20N2O2S2/c1-14-7-9-15(10-8-14)17-11-26-20(21-17)22-19(24)13-25-12-18(23)16-5-3-2-4-6-16/h2-11,18,23H,12-13H2,1H3,(H,21,22,24). The van der Waals surface area contributed by atoms with E-state index in [-0.39, 0.29) is 11.7 Å². The molecule has 0 aliphatic rings. The molecule has 1 aromatic heterocycles. The van der Waals surface area contributed by atoms with Gasteiger partial charge in [0.15, 0.2) is 5.13 Å². The van der Waals surface area contributed by atoms with Crippen molar-refractivity contribution in [2.24, 2.45) is 0 Å². The molecule has 26 heavy (non-hydrogen) atoms. The first-order valence-electron chi connectivity index (χ1n) is 8.25. The first-order chi connectivity index (χ1) is 12.6. The highest BCUT2D eigenvalue weighted by atomic mass is 32.2. The number of nitrogens with one attached hydrogen (secondary N) is 1. The summed E-state index contributed by atoms with van der Waals surface area (Å²) in [7, 11) is 0. The second-order valence-electron chi connectivity index (χ2n) is 5.89. The van der Waals surface area contributed by atoms with Gasteiger partial charge in [0, 0.05) is 16.7 Å². The highest BCUT2D eigenvalue weighted by molar-refractivity contribution is 8.00. The van der Waals surface area contributed by atoms with Crippen molar-refractivity contribution in [3.63, 3.8) is 0 Å². The Morgan fingerprint density at radius 3 is 2.65 bits per heavy atom. The zero-order valence-electron chi connectivity index (χ0n) is 14.4. The van der Waals surface area contributed by atoms with Crippen LogP contribution < -0.4 is 5.32 Å². The molecule has 0 aliphatic heterocycles. The summed E-state index contributed by atoms with van der Waals surface area (Å²) in [6, 6.07) is 17.6. The molecule has 1 amide bonds. The van der Waals surface area contributed by atoms with Crippen molar-refractivity contribution in [1.82, 2.24) is 4.98 Å². The number of benzene rings is 2. The Balaban J connectivity index is 1.47. The molecule has 3 aromatic rings. The molecule has 1 unspecified atom stereocenters. The van der Waals surface area contributed by atoms with Gasteiger partial charge in [-0.15, -0.1) is 23.1 Å². The van der Waals surface area contributed by atoms with Crippen LogP contribution in [0.25, 0.3) is 11.3 Å². The van der Waals surface area contributed by atoms with Gasteiger partial charge in [0.2, 0.25) is 5.91 Å². The second-order valence-corrected chi connectivity index (χ2v) is 7.78. The fourth-order valence-electron chi connectivity index (χ4n) is 2.38. The normalized spacial score (nSPS) is 11.9. The molecule has 0 radical (unpaired) electrons. The highest BCUT2D eigenvalue weighted by Gasteiger charge is 2.11. The number of anilines is 1. The summed E-state index contributed by atoms with van der Waals surface area (Å²) in [6.45, 7) is 2.04. The first-order valence-corrected chi connectivity index (χ1v) is 10.3. The van der Waals surface area contributed by atoms with Gasteiger partial charge < -0.3 is 10.4 Å². The van der Waals surface area contributed by atoms with Crippen molar-refractivity contribution in [2.75, 3.05) is 16.8 Å². The highest BCUT2D eigenvalue weighted by Crippen LogP contribution is 2.25. The Labute approximate surface area is 161 Å². The van der Waals surface area contributed by atoms with Crippen molar-refractivity contribution in [1.29, 1.82) is 0 Å².